The molecule has 16 nitrogen and oxygen atoms in total. The summed E-state index contributed by atoms with van der Waals surface area (Å²) in [6.07, 6.45) is 46.8. The van der Waals surface area contributed by atoms with Crippen LogP contribution in [0.25, 0.3) is 0 Å². The Morgan fingerprint density at radius 3 is 0.559 bits per heavy atom. The molecular weight excluding hydrogens is 1690 g/mol. The third kappa shape index (κ3) is 26.3. The second kappa shape index (κ2) is 54.1. The smallest absolute Gasteiger partial charge is 0.142 e. The molecule has 0 saturated carbocycles. The van der Waals surface area contributed by atoms with Gasteiger partial charge in [0.2, 0.25) is 0 Å². The fourth-order valence-corrected chi connectivity index (χ4v) is 22.8. The Balaban J connectivity index is 1.15. The van der Waals surface area contributed by atoms with E-state index in [9.17, 15) is 0 Å². The van der Waals surface area contributed by atoms with Crippen LogP contribution in [0.4, 0.5) is 0 Å². The van der Waals surface area contributed by atoms with Gasteiger partial charge >= 0.3 is 0 Å². The summed E-state index contributed by atoms with van der Waals surface area (Å²) >= 11 is 0. The molecule has 0 aromatic heterocycles. The standard InChI is InChI=1S/C120H172N4O12/c1-17-21-25-29-33-37-41-45-49-53-97-101-73-106(118-109(113(101)129-13)77-121(82-134-118)85(5)89-57-65-93(125-9)66-58-89)99(55-51-47-43-39-35-31-27-23-19-3)103-75-108(120-111(115(103)131-15)79-123(84-136-120)87(7)91-61-69-95(127-11)70-62-91)100(56-52-48-44-40-36-32-28-24-20-4)104-76-107(119-112(116(104)132-16)80-124(83-135-119)88(8)92-63-71-96(128-12)72-64-92)98(54-50-46-42-38-34-30-26-22-18-2)102-74-105(97)117-110(114(102)130-14)78-122(81-133-117)86(6)90-59-67-94(126-10)68-60-90/h57-76,85-88,97-100H,17-56,77-84H2,1-16H3/t85-,86-,87-,88-,97+,98+,99+,100+/m1/s1. The van der Waals surface area contributed by atoms with Gasteiger partial charge in [0.05, 0.1) is 79.1 Å². The molecular formula is C120H172N4O12. The van der Waals surface area contributed by atoms with Crippen molar-refractivity contribution >= 4 is 0 Å². The number of rotatable bonds is 56. The molecule has 0 saturated heterocycles. The molecule has 136 heavy (non-hydrogen) atoms. The summed E-state index contributed by atoms with van der Waals surface area (Å²) in [5.41, 5.74) is 18.4. The van der Waals surface area contributed by atoms with Crippen LogP contribution in [0.15, 0.2) is 121 Å². The maximum atomic E-state index is 7.88. The molecule has 16 heteroatoms. The van der Waals surface area contributed by atoms with Gasteiger partial charge in [0.1, 0.15) is 95.9 Å². The van der Waals surface area contributed by atoms with E-state index in [4.69, 9.17) is 56.8 Å². The first-order valence-electron chi connectivity index (χ1n) is 53.7. The largest absolute Gasteiger partial charge is 0.497 e. The van der Waals surface area contributed by atoms with E-state index in [0.29, 0.717) is 53.1 Å². The minimum atomic E-state index is -0.246. The molecule has 4 heterocycles. The summed E-state index contributed by atoms with van der Waals surface area (Å²) in [7, 11) is 14.7. The normalized spacial score (nSPS) is 17.5. The van der Waals surface area contributed by atoms with Gasteiger partial charge in [0.15, 0.2) is 0 Å². The van der Waals surface area contributed by atoms with Gasteiger partial charge in [-0.2, -0.15) is 0 Å². The van der Waals surface area contributed by atoms with E-state index in [0.717, 1.165) is 191 Å². The Morgan fingerprint density at radius 1 is 0.228 bits per heavy atom. The Bertz CT molecular complexity index is 4220. The van der Waals surface area contributed by atoms with Gasteiger partial charge in [-0.15, -0.1) is 0 Å². The average Bonchev–Trinajstić information content (AvgIpc) is 0.718. The number of nitrogens with zero attached hydrogens (tertiary/aromatic N) is 4. The zero-order valence-electron chi connectivity index (χ0n) is 86.8. The first kappa shape index (κ1) is 105. The highest BCUT2D eigenvalue weighted by atomic mass is 16.5. The van der Waals surface area contributed by atoms with E-state index in [2.05, 4.69) is 196 Å². The lowest BCUT2D eigenvalue weighted by Crippen LogP contribution is -2.36. The van der Waals surface area contributed by atoms with Gasteiger partial charge in [-0.3, -0.25) is 19.6 Å². The van der Waals surface area contributed by atoms with Crippen molar-refractivity contribution in [3.8, 4) is 69.0 Å². The molecule has 0 amide bonds. The highest BCUT2D eigenvalue weighted by Gasteiger charge is 2.44. The van der Waals surface area contributed by atoms with E-state index in [1.165, 1.54) is 224 Å². The molecule has 5 aliphatic rings. The van der Waals surface area contributed by atoms with Gasteiger partial charge in [0.25, 0.3) is 0 Å². The zero-order chi connectivity index (χ0) is 95.7. The summed E-state index contributed by atoms with van der Waals surface area (Å²) in [6.45, 7) is 22.4. The first-order chi connectivity index (χ1) is 66.7. The molecule has 0 N–H and O–H groups in total. The predicted molar refractivity (Wildman–Crippen MR) is 557 cm³/mol. The second-order valence-corrected chi connectivity index (χ2v) is 40.1. The quantitative estimate of drug-likeness (QED) is 0.0336. The van der Waals surface area contributed by atoms with Crippen LogP contribution in [0.5, 0.6) is 69.0 Å². The van der Waals surface area contributed by atoms with Crippen molar-refractivity contribution in [2.45, 2.75) is 386 Å². The molecule has 8 aromatic carbocycles. The van der Waals surface area contributed by atoms with Crippen molar-refractivity contribution in [1.29, 1.82) is 0 Å². The van der Waals surface area contributed by atoms with Crippen molar-refractivity contribution < 1.29 is 56.8 Å². The highest BCUT2D eigenvalue weighted by Crippen LogP contribution is 2.60. The fraction of sp³-hybridized carbons (Fsp3) is 0.600. The molecule has 744 valence electrons. The van der Waals surface area contributed by atoms with Crippen LogP contribution in [-0.4, -0.2) is 103 Å². The minimum absolute atomic E-state index is 0.0365. The number of methoxy groups -OCH3 is 8. The monoisotopic (exact) mass is 1860 g/mol. The maximum absolute atomic E-state index is 7.88. The number of hydrogen-bond donors (Lipinski definition) is 0. The van der Waals surface area contributed by atoms with Crippen LogP contribution in [0, 0.1) is 0 Å². The maximum Gasteiger partial charge on any atom is 0.142 e. The van der Waals surface area contributed by atoms with Crippen molar-refractivity contribution in [3.05, 3.63) is 210 Å². The Morgan fingerprint density at radius 2 is 0.397 bits per heavy atom. The summed E-state index contributed by atoms with van der Waals surface area (Å²) in [4.78, 5) is 10.0. The second-order valence-electron chi connectivity index (χ2n) is 40.1. The van der Waals surface area contributed by atoms with Crippen molar-refractivity contribution in [2.24, 2.45) is 0 Å². The van der Waals surface area contributed by atoms with Gasteiger partial charge in [0, 0.05) is 119 Å². The lowest BCUT2D eigenvalue weighted by atomic mass is 9.74. The zero-order valence-corrected chi connectivity index (χ0v) is 86.8. The van der Waals surface area contributed by atoms with Crippen molar-refractivity contribution in [3.63, 3.8) is 0 Å². The number of fused-ring (bicyclic) bond motifs is 16. The molecule has 0 spiro atoms. The number of unbranched alkanes of at least 4 members (excludes halogenated alkanes) is 32. The molecule has 1 aliphatic carbocycles. The van der Waals surface area contributed by atoms with E-state index < -0.39 is 0 Å². The van der Waals surface area contributed by atoms with Crippen LogP contribution >= 0.6 is 0 Å². The molecule has 13 rings (SSSR count). The Labute approximate surface area is 820 Å². The highest BCUT2D eigenvalue weighted by molar-refractivity contribution is 5.70. The Kier molecular flexibility index (Phi) is 41.6. The van der Waals surface area contributed by atoms with Crippen LogP contribution in [0.2, 0.25) is 0 Å². The molecule has 0 unspecified atom stereocenters. The van der Waals surface area contributed by atoms with Crippen LogP contribution in [0.3, 0.4) is 0 Å². The number of benzene rings is 8. The molecule has 8 atom stereocenters. The summed E-state index contributed by atoms with van der Waals surface area (Å²) in [6, 6.07) is 44.9. The molecule has 8 aromatic rings. The average molecular weight is 1860 g/mol. The summed E-state index contributed by atoms with van der Waals surface area (Å²) in [5.74, 6) is 9.51. The molecule has 0 radical (unpaired) electrons. The van der Waals surface area contributed by atoms with Crippen molar-refractivity contribution in [1.82, 2.24) is 19.6 Å². The first-order valence-corrected chi connectivity index (χ1v) is 53.7. The summed E-state index contributed by atoms with van der Waals surface area (Å²) in [5, 5.41) is 0. The molecule has 8 bridgehead atoms. The molecule has 0 fully saturated rings. The van der Waals surface area contributed by atoms with Crippen molar-refractivity contribution in [2.75, 3.05) is 83.8 Å². The topological polar surface area (TPSA) is 124 Å². The SMILES string of the molecule is CCCCCCCCCCC[C@H]1c2cc(c3c(c2OC)CN([C@H](C)c2ccc(OC)cc2)CO3)[C@@H](CCCCCCCCCCC)c2cc(c3c(c2OC)CN([C@H](C)c2ccc(OC)cc2)CO3)[C@@H](CCCCCCCCCCC)c2cc(c3c(c2OC)CN([C@H](C)c2ccc(OC)cc2)CO3)[C@@H](CCCCCCCCCCC)c2cc1c1c(c2OC)CN([C@H](C)c2ccc(OC)cc2)CO1. The van der Waals surface area contributed by atoms with Crippen LogP contribution in [0.1, 0.15) is 449 Å². The van der Waals surface area contributed by atoms with E-state index >= 15 is 0 Å². The fourth-order valence-electron chi connectivity index (χ4n) is 22.8. The Hall–Kier alpha value is -8.80. The lowest BCUT2D eigenvalue weighted by Gasteiger charge is -2.41. The van der Waals surface area contributed by atoms with Gasteiger partial charge in [-0.05, 0) is 148 Å². The summed E-state index contributed by atoms with van der Waals surface area (Å²) < 4.78 is 84.5. The molecule has 4 aliphatic heterocycles. The lowest BCUT2D eigenvalue weighted by molar-refractivity contribution is 0.0580. The van der Waals surface area contributed by atoms with Gasteiger partial charge < -0.3 is 56.8 Å². The van der Waals surface area contributed by atoms with Crippen LogP contribution in [-0.2, 0) is 26.2 Å². The van der Waals surface area contributed by atoms with E-state index in [1.54, 1.807) is 28.4 Å². The van der Waals surface area contributed by atoms with E-state index in [-0.39, 0.29) is 47.8 Å². The predicted octanol–water partition coefficient (Wildman–Crippen LogP) is 31.9. The number of ether oxygens (including phenoxy) is 12. The van der Waals surface area contributed by atoms with Crippen LogP contribution < -0.4 is 56.8 Å². The third-order valence-corrected chi connectivity index (χ3v) is 31.3. The minimum Gasteiger partial charge on any atom is -0.497 e. The van der Waals surface area contributed by atoms with Gasteiger partial charge in [-0.1, -0.05) is 307 Å². The van der Waals surface area contributed by atoms with Gasteiger partial charge in [-0.25, -0.2) is 0 Å². The number of hydrogen-bond acceptors (Lipinski definition) is 16. The van der Waals surface area contributed by atoms with E-state index in [1.807, 2.05) is 28.4 Å². The third-order valence-electron chi connectivity index (χ3n) is 31.3.